The van der Waals surface area contributed by atoms with Gasteiger partial charge in [0.05, 0.1) is 0 Å². The highest BCUT2D eigenvalue weighted by Crippen LogP contribution is 2.02. The number of unbranched alkanes of at least 4 members (excludes halogenated alkanes) is 4. The zero-order chi connectivity index (χ0) is 11.4. The molecule has 0 atom stereocenters. The average molecular weight is 206 g/mol. The molecule has 0 aliphatic rings. The van der Waals surface area contributed by atoms with Gasteiger partial charge in [0.2, 0.25) is 0 Å². The summed E-state index contributed by atoms with van der Waals surface area (Å²) in [5, 5.41) is 0. The topological polar surface area (TPSA) is 17.1 Å². The molecular weight excluding hydrogens is 184 g/mol. The van der Waals surface area contributed by atoms with Crippen LogP contribution < -0.4 is 0 Å². The predicted molar refractivity (Wildman–Crippen MR) is 66.9 cm³/mol. The minimum absolute atomic E-state index is 0.0863. The molecule has 0 aromatic rings. The van der Waals surface area contributed by atoms with Crippen molar-refractivity contribution in [1.29, 1.82) is 0 Å². The molecule has 0 radical (unpaired) electrons. The van der Waals surface area contributed by atoms with E-state index in [4.69, 9.17) is 0 Å². The molecule has 1 nitrogen and oxygen atoms in total. The molecule has 0 amide bonds. The molecule has 0 saturated heterocycles. The summed E-state index contributed by atoms with van der Waals surface area (Å²) >= 11 is 0. The summed E-state index contributed by atoms with van der Waals surface area (Å²) in [5.74, 6) is 0.0863. The first kappa shape index (κ1) is 13.9. The Morgan fingerprint density at radius 1 is 1.00 bits per heavy atom. The normalized spacial score (nSPS) is 12.1. The van der Waals surface area contributed by atoms with Crippen LogP contribution in [0.5, 0.6) is 0 Å². The third-order valence-electron chi connectivity index (χ3n) is 2.02. The van der Waals surface area contributed by atoms with Gasteiger partial charge in [0.25, 0.3) is 0 Å². The highest BCUT2D eigenvalue weighted by Gasteiger charge is 1.83. The molecule has 0 rings (SSSR count). The van der Waals surface area contributed by atoms with Gasteiger partial charge in [-0.1, -0.05) is 56.6 Å². The zero-order valence-electron chi connectivity index (χ0n) is 9.91. The summed E-state index contributed by atoms with van der Waals surface area (Å²) < 4.78 is 0. The number of hydrogen-bond donors (Lipinski definition) is 0. The minimum atomic E-state index is 0.0863. The van der Waals surface area contributed by atoms with Gasteiger partial charge in [0.1, 0.15) is 0 Å². The van der Waals surface area contributed by atoms with E-state index in [0.717, 1.165) is 6.42 Å². The maximum Gasteiger partial charge on any atom is 0.152 e. The molecular formula is C14H22O. The van der Waals surface area contributed by atoms with Gasteiger partial charge in [-0.15, -0.1) is 0 Å². The van der Waals surface area contributed by atoms with Crippen LogP contribution in [0.15, 0.2) is 36.5 Å². The summed E-state index contributed by atoms with van der Waals surface area (Å²) in [6, 6.07) is 0. The van der Waals surface area contributed by atoms with Crippen LogP contribution in [0.25, 0.3) is 0 Å². The van der Waals surface area contributed by atoms with Gasteiger partial charge in [-0.2, -0.15) is 0 Å². The first-order valence-electron chi connectivity index (χ1n) is 5.77. The van der Waals surface area contributed by atoms with Crippen LogP contribution in [0.1, 0.15) is 46.0 Å². The molecule has 0 aromatic carbocycles. The molecule has 15 heavy (non-hydrogen) atoms. The summed E-state index contributed by atoms with van der Waals surface area (Å²) in [6.07, 6.45) is 17.8. The third kappa shape index (κ3) is 12.9. The second-order valence-corrected chi connectivity index (χ2v) is 3.63. The van der Waals surface area contributed by atoms with Crippen molar-refractivity contribution in [3.8, 4) is 0 Å². The first-order valence-corrected chi connectivity index (χ1v) is 5.77. The molecule has 1 heteroatoms. The Hall–Kier alpha value is -1.11. The van der Waals surface area contributed by atoms with Crippen LogP contribution in [0.3, 0.4) is 0 Å². The minimum Gasteiger partial charge on any atom is -0.295 e. The largest absolute Gasteiger partial charge is 0.295 e. The van der Waals surface area contributed by atoms with E-state index in [9.17, 15) is 4.79 Å². The van der Waals surface area contributed by atoms with E-state index in [1.807, 2.05) is 18.2 Å². The smallest absolute Gasteiger partial charge is 0.152 e. The Kier molecular flexibility index (Phi) is 10.2. The van der Waals surface area contributed by atoms with Gasteiger partial charge in [-0.3, -0.25) is 4.79 Å². The molecule has 0 aromatic heterocycles. The van der Waals surface area contributed by atoms with E-state index in [2.05, 4.69) is 13.0 Å². The first-order chi connectivity index (χ1) is 7.27. The molecule has 0 spiro atoms. The lowest BCUT2D eigenvalue weighted by molar-refractivity contribution is -0.112. The van der Waals surface area contributed by atoms with Crippen molar-refractivity contribution in [1.82, 2.24) is 0 Å². The van der Waals surface area contributed by atoms with Crippen molar-refractivity contribution in [3.63, 3.8) is 0 Å². The van der Waals surface area contributed by atoms with E-state index >= 15 is 0 Å². The molecule has 0 aliphatic carbocycles. The fourth-order valence-electron chi connectivity index (χ4n) is 1.18. The maximum absolute atomic E-state index is 10.5. The van der Waals surface area contributed by atoms with Crippen LogP contribution >= 0.6 is 0 Å². The third-order valence-corrected chi connectivity index (χ3v) is 2.02. The SMILES string of the molecule is CCCCCCC=CC=C/C=C\C(C)=O. The predicted octanol–water partition coefficient (Wildman–Crippen LogP) is 4.21. The molecule has 0 heterocycles. The van der Waals surface area contributed by atoms with Gasteiger partial charge < -0.3 is 0 Å². The zero-order valence-corrected chi connectivity index (χ0v) is 9.91. The van der Waals surface area contributed by atoms with Gasteiger partial charge in [0.15, 0.2) is 5.78 Å². The van der Waals surface area contributed by atoms with Gasteiger partial charge in [0, 0.05) is 0 Å². The molecule has 0 aliphatic heterocycles. The van der Waals surface area contributed by atoms with E-state index in [1.165, 1.54) is 25.7 Å². The van der Waals surface area contributed by atoms with E-state index in [1.54, 1.807) is 19.1 Å². The van der Waals surface area contributed by atoms with Crippen LogP contribution in [-0.2, 0) is 4.79 Å². The number of ketones is 1. The summed E-state index contributed by atoms with van der Waals surface area (Å²) in [6.45, 7) is 3.77. The Balaban J connectivity index is 3.41. The lowest BCUT2D eigenvalue weighted by Gasteiger charge is -1.92. The quantitative estimate of drug-likeness (QED) is 0.330. The Morgan fingerprint density at radius 3 is 2.40 bits per heavy atom. The van der Waals surface area contributed by atoms with Crippen LogP contribution in [-0.4, -0.2) is 5.78 Å². The molecule has 0 N–H and O–H groups in total. The van der Waals surface area contributed by atoms with Crippen LogP contribution in [0.2, 0.25) is 0 Å². The van der Waals surface area contributed by atoms with Crippen molar-refractivity contribution in [2.45, 2.75) is 46.0 Å². The van der Waals surface area contributed by atoms with Crippen molar-refractivity contribution in [3.05, 3.63) is 36.5 Å². The van der Waals surface area contributed by atoms with Crippen molar-refractivity contribution in [2.24, 2.45) is 0 Å². The molecule has 0 bridgehead atoms. The summed E-state index contributed by atoms with van der Waals surface area (Å²) in [7, 11) is 0. The van der Waals surface area contributed by atoms with Gasteiger partial charge in [-0.05, 0) is 25.8 Å². The van der Waals surface area contributed by atoms with E-state index in [-0.39, 0.29) is 5.78 Å². The number of allylic oxidation sites excluding steroid dienone is 6. The molecule has 84 valence electrons. The van der Waals surface area contributed by atoms with Crippen molar-refractivity contribution >= 4 is 5.78 Å². The molecule has 0 saturated carbocycles. The van der Waals surface area contributed by atoms with Gasteiger partial charge in [-0.25, -0.2) is 0 Å². The number of carbonyl (C=O) groups is 1. The second kappa shape index (κ2) is 11.0. The van der Waals surface area contributed by atoms with Crippen LogP contribution in [0.4, 0.5) is 0 Å². The highest BCUT2D eigenvalue weighted by molar-refractivity contribution is 5.87. The summed E-state index contributed by atoms with van der Waals surface area (Å²) in [4.78, 5) is 10.5. The summed E-state index contributed by atoms with van der Waals surface area (Å²) in [5.41, 5.74) is 0. The number of carbonyl (C=O) groups excluding carboxylic acids is 1. The molecule has 0 unspecified atom stereocenters. The van der Waals surface area contributed by atoms with Crippen molar-refractivity contribution < 1.29 is 4.79 Å². The Morgan fingerprint density at radius 2 is 1.73 bits per heavy atom. The monoisotopic (exact) mass is 206 g/mol. The van der Waals surface area contributed by atoms with Crippen LogP contribution in [0, 0.1) is 0 Å². The van der Waals surface area contributed by atoms with Gasteiger partial charge >= 0.3 is 0 Å². The maximum atomic E-state index is 10.5. The average Bonchev–Trinajstić information content (AvgIpc) is 2.20. The highest BCUT2D eigenvalue weighted by atomic mass is 16.1. The Bertz CT molecular complexity index is 234. The fourth-order valence-corrected chi connectivity index (χ4v) is 1.18. The Labute approximate surface area is 93.6 Å². The van der Waals surface area contributed by atoms with E-state index in [0.29, 0.717) is 0 Å². The lowest BCUT2D eigenvalue weighted by atomic mass is 10.1. The second-order valence-electron chi connectivity index (χ2n) is 3.63. The lowest BCUT2D eigenvalue weighted by Crippen LogP contribution is -1.77. The molecule has 0 fully saturated rings. The number of hydrogen-bond acceptors (Lipinski definition) is 1. The van der Waals surface area contributed by atoms with Crippen molar-refractivity contribution in [2.75, 3.05) is 0 Å². The fraction of sp³-hybridized carbons (Fsp3) is 0.500. The number of rotatable bonds is 8. The standard InChI is InChI=1S/C14H22O/c1-3-4-5-6-7-8-9-10-11-12-13-14(2)15/h8-13H,3-7H2,1-2H3/b9-8?,11-10?,13-12-. The van der Waals surface area contributed by atoms with E-state index < -0.39 is 0 Å².